The van der Waals surface area contributed by atoms with Crippen LogP contribution in [0.3, 0.4) is 0 Å². The molecular formula is C21H22O8. The average Bonchev–Trinajstić information content (AvgIpc) is 3.18. The Morgan fingerprint density at radius 2 is 1.72 bits per heavy atom. The first-order chi connectivity index (χ1) is 14.0. The maximum atomic E-state index is 11.7. The first-order valence-electron chi connectivity index (χ1n) is 9.14. The Labute approximate surface area is 167 Å². The third-order valence-electron chi connectivity index (χ3n) is 5.45. The zero-order valence-corrected chi connectivity index (χ0v) is 16.4. The van der Waals surface area contributed by atoms with Gasteiger partial charge in [0.15, 0.2) is 23.0 Å². The SMILES string of the molecule is COc1cc(-c2c3c(cc4c2OCO4)C[C@H](O)[C@H](C(=O)O)C3)cc(OC)c1OC. The van der Waals surface area contributed by atoms with Crippen LogP contribution in [0.15, 0.2) is 18.2 Å². The molecule has 0 saturated heterocycles. The summed E-state index contributed by atoms with van der Waals surface area (Å²) in [6, 6.07) is 5.40. The number of benzene rings is 2. The molecule has 2 N–H and O–H groups in total. The van der Waals surface area contributed by atoms with Crippen LogP contribution in [0.1, 0.15) is 11.1 Å². The maximum absolute atomic E-state index is 11.7. The Hall–Kier alpha value is -3.13. The molecule has 1 heterocycles. The van der Waals surface area contributed by atoms with Crippen LogP contribution in [0.4, 0.5) is 0 Å². The van der Waals surface area contributed by atoms with Crippen LogP contribution < -0.4 is 23.7 Å². The van der Waals surface area contributed by atoms with E-state index in [1.807, 2.05) is 6.07 Å². The van der Waals surface area contributed by atoms with Crippen molar-refractivity contribution in [3.05, 3.63) is 29.3 Å². The van der Waals surface area contributed by atoms with Crippen molar-refractivity contribution in [2.75, 3.05) is 28.1 Å². The highest BCUT2D eigenvalue weighted by Crippen LogP contribution is 2.50. The number of rotatable bonds is 5. The third kappa shape index (κ3) is 3.09. The number of hydrogen-bond acceptors (Lipinski definition) is 7. The van der Waals surface area contributed by atoms with Crippen molar-refractivity contribution in [2.45, 2.75) is 18.9 Å². The lowest BCUT2D eigenvalue weighted by Crippen LogP contribution is -2.36. The van der Waals surface area contributed by atoms with E-state index in [1.54, 1.807) is 12.1 Å². The van der Waals surface area contributed by atoms with Gasteiger partial charge in [0.05, 0.1) is 33.4 Å². The molecule has 8 heteroatoms. The topological polar surface area (TPSA) is 104 Å². The number of carboxylic acid groups (broad SMARTS) is 1. The molecule has 154 valence electrons. The lowest BCUT2D eigenvalue weighted by molar-refractivity contribution is -0.145. The van der Waals surface area contributed by atoms with E-state index in [-0.39, 0.29) is 19.6 Å². The average molecular weight is 402 g/mol. The molecule has 2 atom stereocenters. The zero-order valence-electron chi connectivity index (χ0n) is 16.4. The Morgan fingerprint density at radius 1 is 1.03 bits per heavy atom. The minimum atomic E-state index is -1.03. The molecule has 2 aromatic carbocycles. The number of hydrogen-bond donors (Lipinski definition) is 2. The van der Waals surface area contributed by atoms with E-state index in [0.29, 0.717) is 34.3 Å². The summed E-state index contributed by atoms with van der Waals surface area (Å²) in [5.74, 6) is 0.569. The van der Waals surface area contributed by atoms with Gasteiger partial charge in [-0.2, -0.15) is 0 Å². The fourth-order valence-corrected chi connectivity index (χ4v) is 4.06. The number of aliphatic carboxylic acids is 1. The normalized spacial score (nSPS) is 19.4. The Kier molecular flexibility index (Phi) is 4.87. The first-order valence-corrected chi connectivity index (χ1v) is 9.14. The molecule has 2 aromatic rings. The van der Waals surface area contributed by atoms with Crippen LogP contribution in [-0.4, -0.2) is 50.4 Å². The van der Waals surface area contributed by atoms with E-state index in [2.05, 4.69) is 0 Å². The van der Waals surface area contributed by atoms with E-state index >= 15 is 0 Å². The molecule has 1 aliphatic carbocycles. The molecular weight excluding hydrogens is 380 g/mol. The summed E-state index contributed by atoms with van der Waals surface area (Å²) < 4.78 is 27.7. The molecule has 0 saturated carbocycles. The van der Waals surface area contributed by atoms with E-state index in [9.17, 15) is 15.0 Å². The van der Waals surface area contributed by atoms with Crippen LogP contribution >= 0.6 is 0 Å². The second-order valence-corrected chi connectivity index (χ2v) is 6.96. The Morgan fingerprint density at radius 3 is 2.31 bits per heavy atom. The minimum absolute atomic E-state index is 0.0700. The van der Waals surface area contributed by atoms with Crippen LogP contribution in [0, 0.1) is 5.92 Å². The number of fused-ring (bicyclic) bond motifs is 2. The number of ether oxygens (including phenoxy) is 5. The lowest BCUT2D eigenvalue weighted by atomic mass is 9.78. The lowest BCUT2D eigenvalue weighted by Gasteiger charge is -2.29. The van der Waals surface area contributed by atoms with Crippen molar-refractivity contribution in [1.82, 2.24) is 0 Å². The standard InChI is InChI=1S/C21H22O8/c1-25-15-6-11(7-16(26-2)19(15)27-3)18-12-8-13(21(23)24)14(22)4-10(12)5-17-20(18)29-9-28-17/h5-7,13-14,22H,4,8-9H2,1-3H3,(H,23,24)/t13-,14+/m1/s1. The molecule has 1 aliphatic heterocycles. The molecule has 0 amide bonds. The molecule has 0 radical (unpaired) electrons. The molecule has 0 bridgehead atoms. The number of carboxylic acids is 1. The summed E-state index contributed by atoms with van der Waals surface area (Å²) in [7, 11) is 4.59. The van der Waals surface area contributed by atoms with Crippen molar-refractivity contribution in [1.29, 1.82) is 0 Å². The fraction of sp³-hybridized carbons (Fsp3) is 0.381. The molecule has 29 heavy (non-hydrogen) atoms. The molecule has 0 aromatic heterocycles. The van der Waals surface area contributed by atoms with Gasteiger partial charge in [0, 0.05) is 5.56 Å². The molecule has 2 aliphatic rings. The Bertz CT molecular complexity index is 943. The van der Waals surface area contributed by atoms with Crippen LogP contribution in [0.25, 0.3) is 11.1 Å². The first kappa shape index (κ1) is 19.2. The summed E-state index contributed by atoms with van der Waals surface area (Å²) in [5.41, 5.74) is 3.08. The fourth-order valence-electron chi connectivity index (χ4n) is 4.06. The van der Waals surface area contributed by atoms with E-state index in [4.69, 9.17) is 23.7 Å². The van der Waals surface area contributed by atoms with Crippen molar-refractivity contribution in [3.8, 4) is 39.9 Å². The highest BCUT2D eigenvalue weighted by molar-refractivity contribution is 5.83. The highest BCUT2D eigenvalue weighted by Gasteiger charge is 2.37. The summed E-state index contributed by atoms with van der Waals surface area (Å²) in [6.45, 7) is 0.0700. The van der Waals surface area contributed by atoms with Gasteiger partial charge in [-0.1, -0.05) is 0 Å². The highest BCUT2D eigenvalue weighted by atomic mass is 16.7. The summed E-state index contributed by atoms with van der Waals surface area (Å²) in [6.07, 6.45) is -0.567. The van der Waals surface area contributed by atoms with Gasteiger partial charge >= 0.3 is 5.97 Å². The van der Waals surface area contributed by atoms with Gasteiger partial charge in [-0.25, -0.2) is 0 Å². The van der Waals surface area contributed by atoms with Gasteiger partial charge in [-0.3, -0.25) is 4.79 Å². The Balaban J connectivity index is 1.96. The van der Waals surface area contributed by atoms with Gasteiger partial charge in [0.1, 0.15) is 0 Å². The summed E-state index contributed by atoms with van der Waals surface area (Å²) in [4.78, 5) is 11.7. The number of aliphatic hydroxyl groups is 1. The molecule has 8 nitrogen and oxygen atoms in total. The van der Waals surface area contributed by atoms with E-state index in [0.717, 1.165) is 16.7 Å². The minimum Gasteiger partial charge on any atom is -0.493 e. The zero-order chi connectivity index (χ0) is 20.7. The number of carbonyl (C=O) groups is 1. The second kappa shape index (κ2) is 7.36. The summed E-state index contributed by atoms with van der Waals surface area (Å²) in [5, 5.41) is 19.9. The monoisotopic (exact) mass is 402 g/mol. The van der Waals surface area contributed by atoms with Crippen molar-refractivity contribution < 1.29 is 38.7 Å². The van der Waals surface area contributed by atoms with Gasteiger partial charge < -0.3 is 33.9 Å². The van der Waals surface area contributed by atoms with E-state index < -0.39 is 18.0 Å². The number of aliphatic hydroxyl groups excluding tert-OH is 1. The van der Waals surface area contributed by atoms with Crippen molar-refractivity contribution >= 4 is 5.97 Å². The largest absolute Gasteiger partial charge is 0.493 e. The molecule has 0 unspecified atom stereocenters. The van der Waals surface area contributed by atoms with Gasteiger partial charge in [0.25, 0.3) is 0 Å². The smallest absolute Gasteiger partial charge is 0.309 e. The van der Waals surface area contributed by atoms with Gasteiger partial charge in [-0.15, -0.1) is 0 Å². The van der Waals surface area contributed by atoms with Crippen LogP contribution in [-0.2, 0) is 17.6 Å². The van der Waals surface area contributed by atoms with E-state index in [1.165, 1.54) is 21.3 Å². The van der Waals surface area contributed by atoms with Crippen molar-refractivity contribution in [2.24, 2.45) is 5.92 Å². The predicted molar refractivity (Wildman–Crippen MR) is 102 cm³/mol. The number of methoxy groups -OCH3 is 3. The quantitative estimate of drug-likeness (QED) is 0.785. The van der Waals surface area contributed by atoms with Crippen molar-refractivity contribution in [3.63, 3.8) is 0 Å². The predicted octanol–water partition coefficient (Wildman–Crippen LogP) is 2.27. The van der Waals surface area contributed by atoms with Gasteiger partial charge in [-0.05, 0) is 47.7 Å². The molecule has 0 fully saturated rings. The summed E-state index contributed by atoms with van der Waals surface area (Å²) >= 11 is 0. The van der Waals surface area contributed by atoms with Crippen LogP contribution in [0.2, 0.25) is 0 Å². The van der Waals surface area contributed by atoms with Gasteiger partial charge in [0.2, 0.25) is 12.5 Å². The second-order valence-electron chi connectivity index (χ2n) is 6.96. The molecule has 0 spiro atoms. The van der Waals surface area contributed by atoms with Crippen LogP contribution in [0.5, 0.6) is 28.7 Å². The molecule has 4 rings (SSSR count). The third-order valence-corrected chi connectivity index (χ3v) is 5.45. The maximum Gasteiger partial charge on any atom is 0.309 e.